The van der Waals surface area contributed by atoms with Crippen LogP contribution in [0.5, 0.6) is 11.5 Å². The fourth-order valence-corrected chi connectivity index (χ4v) is 3.22. The molecule has 122 valence electrons. The molecule has 1 aromatic rings. The van der Waals surface area contributed by atoms with Crippen molar-refractivity contribution in [3.63, 3.8) is 0 Å². The van der Waals surface area contributed by atoms with Crippen molar-refractivity contribution in [2.75, 3.05) is 13.7 Å². The van der Waals surface area contributed by atoms with Crippen LogP contribution >= 0.6 is 24.0 Å². The molecule has 1 heterocycles. The van der Waals surface area contributed by atoms with Gasteiger partial charge >= 0.3 is 6.61 Å². The summed E-state index contributed by atoms with van der Waals surface area (Å²) in [6, 6.07) is 4.67. The number of hydrogen-bond acceptors (Lipinski definition) is 5. The Morgan fingerprint density at radius 1 is 1.48 bits per heavy atom. The molecular weight excluding hydrogens is 344 g/mol. The molecule has 1 saturated heterocycles. The van der Waals surface area contributed by atoms with E-state index in [2.05, 4.69) is 11.3 Å². The molecule has 8 heteroatoms. The van der Waals surface area contributed by atoms with Crippen molar-refractivity contribution >= 4 is 40.3 Å². The lowest BCUT2D eigenvalue weighted by Crippen LogP contribution is -2.27. The standard InChI is InChI=1S/C15H13F2NO3S2/c1-3-7-18-13(19)11(23-15(18)22)8-9-5-4-6-10(20-2)12(9)21-14(16)17/h3-6,8,14H,1,7H2,2H3/b11-8-. The van der Waals surface area contributed by atoms with Gasteiger partial charge in [0.1, 0.15) is 4.32 Å². The van der Waals surface area contributed by atoms with Gasteiger partial charge in [0.25, 0.3) is 5.91 Å². The first kappa shape index (κ1) is 17.4. The van der Waals surface area contributed by atoms with E-state index >= 15 is 0 Å². The predicted octanol–water partition coefficient (Wildman–Crippen LogP) is 3.68. The van der Waals surface area contributed by atoms with Crippen molar-refractivity contribution in [3.05, 3.63) is 41.3 Å². The highest BCUT2D eigenvalue weighted by atomic mass is 32.2. The molecule has 23 heavy (non-hydrogen) atoms. The number of carbonyl (C=O) groups excluding carboxylic acids is 1. The summed E-state index contributed by atoms with van der Waals surface area (Å²) in [5.41, 5.74) is 0.309. The SMILES string of the molecule is C=CCN1C(=O)/C(=C/c2cccc(OC)c2OC(F)F)SC1=S. The Balaban J connectivity index is 2.41. The van der Waals surface area contributed by atoms with Crippen LogP contribution in [0.3, 0.4) is 0 Å². The van der Waals surface area contributed by atoms with Gasteiger partial charge in [0.05, 0.1) is 12.0 Å². The van der Waals surface area contributed by atoms with Crippen molar-refractivity contribution in [2.24, 2.45) is 0 Å². The van der Waals surface area contributed by atoms with E-state index < -0.39 is 6.61 Å². The Hall–Kier alpha value is -1.93. The molecule has 0 bridgehead atoms. The molecule has 4 nitrogen and oxygen atoms in total. The van der Waals surface area contributed by atoms with Crippen molar-refractivity contribution in [2.45, 2.75) is 6.61 Å². The van der Waals surface area contributed by atoms with E-state index in [1.807, 2.05) is 0 Å². The van der Waals surface area contributed by atoms with E-state index in [1.54, 1.807) is 18.2 Å². The summed E-state index contributed by atoms with van der Waals surface area (Å²) >= 11 is 6.23. The molecule has 1 aliphatic heterocycles. The first-order valence-electron chi connectivity index (χ1n) is 6.46. The second-order valence-corrected chi connectivity index (χ2v) is 6.01. The van der Waals surface area contributed by atoms with Crippen molar-refractivity contribution in [1.29, 1.82) is 0 Å². The Kier molecular flexibility index (Phi) is 5.73. The number of alkyl halides is 2. The summed E-state index contributed by atoms with van der Waals surface area (Å²) in [4.78, 5) is 14.0. The van der Waals surface area contributed by atoms with Gasteiger partial charge in [-0.1, -0.05) is 42.2 Å². The number of ether oxygens (including phenoxy) is 2. The van der Waals surface area contributed by atoms with Crippen molar-refractivity contribution in [1.82, 2.24) is 4.90 Å². The van der Waals surface area contributed by atoms with Crippen LogP contribution in [0.2, 0.25) is 0 Å². The van der Waals surface area contributed by atoms with E-state index in [9.17, 15) is 13.6 Å². The van der Waals surface area contributed by atoms with E-state index in [0.717, 1.165) is 11.8 Å². The number of halogens is 2. The Morgan fingerprint density at radius 2 is 2.22 bits per heavy atom. The fraction of sp³-hybridized carbons (Fsp3) is 0.200. The van der Waals surface area contributed by atoms with Gasteiger partial charge in [-0.15, -0.1) is 6.58 Å². The molecule has 1 amide bonds. The second kappa shape index (κ2) is 7.56. The number of amides is 1. The Morgan fingerprint density at radius 3 is 2.83 bits per heavy atom. The number of thioether (sulfide) groups is 1. The molecule has 1 aromatic carbocycles. The van der Waals surface area contributed by atoms with Gasteiger partial charge in [-0.05, 0) is 12.1 Å². The number of hydrogen-bond donors (Lipinski definition) is 0. The van der Waals surface area contributed by atoms with Crippen LogP contribution in [0.1, 0.15) is 5.56 Å². The van der Waals surface area contributed by atoms with Crippen LogP contribution in [-0.4, -0.2) is 35.4 Å². The normalized spacial score (nSPS) is 16.3. The molecule has 0 aromatic heterocycles. The topological polar surface area (TPSA) is 38.8 Å². The summed E-state index contributed by atoms with van der Waals surface area (Å²) in [6.07, 6.45) is 3.02. The molecule has 0 N–H and O–H groups in total. The minimum Gasteiger partial charge on any atom is -0.493 e. The van der Waals surface area contributed by atoms with Crippen LogP contribution in [0.15, 0.2) is 35.8 Å². The minimum absolute atomic E-state index is 0.126. The number of thiocarbonyl (C=S) groups is 1. The van der Waals surface area contributed by atoms with Crippen LogP contribution < -0.4 is 9.47 Å². The Bertz CT molecular complexity index is 677. The van der Waals surface area contributed by atoms with Gasteiger partial charge in [-0.3, -0.25) is 9.69 Å². The summed E-state index contributed by atoms with van der Waals surface area (Å²) in [5, 5.41) is 0. The lowest BCUT2D eigenvalue weighted by atomic mass is 10.1. The molecule has 0 atom stereocenters. The van der Waals surface area contributed by atoms with Gasteiger partial charge in [-0.2, -0.15) is 8.78 Å². The van der Waals surface area contributed by atoms with Gasteiger partial charge in [-0.25, -0.2) is 0 Å². The first-order valence-corrected chi connectivity index (χ1v) is 7.68. The number of methoxy groups -OCH3 is 1. The fourth-order valence-electron chi connectivity index (χ4n) is 1.95. The summed E-state index contributed by atoms with van der Waals surface area (Å²) in [5.74, 6) is -0.273. The zero-order valence-corrected chi connectivity index (χ0v) is 13.8. The number of rotatable bonds is 6. The van der Waals surface area contributed by atoms with Crippen molar-refractivity contribution < 1.29 is 23.0 Å². The summed E-state index contributed by atoms with van der Waals surface area (Å²) in [6.45, 7) is 0.856. The molecule has 0 aliphatic carbocycles. The number of carbonyl (C=O) groups is 1. The highest BCUT2D eigenvalue weighted by Crippen LogP contribution is 2.38. The average molecular weight is 357 g/mol. The zero-order chi connectivity index (χ0) is 17.0. The summed E-state index contributed by atoms with van der Waals surface area (Å²) in [7, 11) is 1.35. The number of nitrogens with zero attached hydrogens (tertiary/aromatic N) is 1. The van der Waals surface area contributed by atoms with Crippen LogP contribution in [-0.2, 0) is 4.79 Å². The molecule has 1 aliphatic rings. The van der Waals surface area contributed by atoms with E-state index in [1.165, 1.54) is 24.2 Å². The van der Waals surface area contributed by atoms with Gasteiger partial charge in [0, 0.05) is 12.1 Å². The zero-order valence-electron chi connectivity index (χ0n) is 12.1. The minimum atomic E-state index is -3.01. The maximum Gasteiger partial charge on any atom is 0.387 e. The second-order valence-electron chi connectivity index (χ2n) is 4.34. The lowest BCUT2D eigenvalue weighted by molar-refractivity contribution is -0.121. The monoisotopic (exact) mass is 357 g/mol. The molecule has 0 saturated carbocycles. The maximum atomic E-state index is 12.6. The number of para-hydroxylation sites is 1. The molecule has 0 unspecified atom stereocenters. The molecule has 0 radical (unpaired) electrons. The van der Waals surface area contributed by atoms with Gasteiger partial charge in [0.2, 0.25) is 0 Å². The van der Waals surface area contributed by atoms with Crippen LogP contribution in [0.4, 0.5) is 8.78 Å². The molecule has 0 spiro atoms. The molecule has 1 fully saturated rings. The van der Waals surface area contributed by atoms with Crippen LogP contribution in [0.25, 0.3) is 6.08 Å². The smallest absolute Gasteiger partial charge is 0.387 e. The third-order valence-corrected chi connectivity index (χ3v) is 4.29. The van der Waals surface area contributed by atoms with Gasteiger partial charge < -0.3 is 9.47 Å². The van der Waals surface area contributed by atoms with E-state index in [-0.39, 0.29) is 17.4 Å². The third kappa shape index (κ3) is 3.89. The molecular formula is C15H13F2NO3S2. The van der Waals surface area contributed by atoms with Gasteiger partial charge in [0.15, 0.2) is 11.5 Å². The van der Waals surface area contributed by atoms with Crippen molar-refractivity contribution in [3.8, 4) is 11.5 Å². The predicted molar refractivity (Wildman–Crippen MR) is 89.7 cm³/mol. The average Bonchev–Trinajstić information content (AvgIpc) is 2.76. The molecule has 2 rings (SSSR count). The van der Waals surface area contributed by atoms with E-state index in [4.69, 9.17) is 17.0 Å². The van der Waals surface area contributed by atoms with Crippen LogP contribution in [0, 0.1) is 0 Å². The Labute approximate surface area is 141 Å². The quantitative estimate of drug-likeness (QED) is 0.441. The highest BCUT2D eigenvalue weighted by molar-refractivity contribution is 8.26. The largest absolute Gasteiger partial charge is 0.493 e. The maximum absolute atomic E-state index is 12.6. The number of benzene rings is 1. The highest BCUT2D eigenvalue weighted by Gasteiger charge is 2.31. The first-order chi connectivity index (χ1) is 11.0. The summed E-state index contributed by atoms with van der Waals surface area (Å²) < 4.78 is 35.2. The lowest BCUT2D eigenvalue weighted by Gasteiger charge is -2.13. The third-order valence-electron chi connectivity index (χ3n) is 2.91. The van der Waals surface area contributed by atoms with E-state index in [0.29, 0.717) is 21.3 Å².